The zero-order chi connectivity index (χ0) is 21.1. The lowest BCUT2D eigenvalue weighted by molar-refractivity contribution is 0.181. The number of hydrogen-bond acceptors (Lipinski definition) is 5. The molecular formula is C22H22N4O3S. The van der Waals surface area contributed by atoms with Gasteiger partial charge in [0.1, 0.15) is 11.6 Å². The summed E-state index contributed by atoms with van der Waals surface area (Å²) in [6.45, 7) is 4.77. The van der Waals surface area contributed by atoms with Crippen LogP contribution in [0, 0.1) is 6.92 Å². The number of benzene rings is 2. The summed E-state index contributed by atoms with van der Waals surface area (Å²) in [5, 5.41) is 8.74. The zero-order valence-corrected chi connectivity index (χ0v) is 17.5. The summed E-state index contributed by atoms with van der Waals surface area (Å²) in [4.78, 5) is 30.4. The van der Waals surface area contributed by atoms with Crippen LogP contribution in [-0.2, 0) is 4.74 Å². The van der Waals surface area contributed by atoms with E-state index in [9.17, 15) is 9.59 Å². The van der Waals surface area contributed by atoms with E-state index in [2.05, 4.69) is 15.6 Å². The fourth-order valence-electron chi connectivity index (χ4n) is 3.25. The third-order valence-electron chi connectivity index (χ3n) is 4.78. The van der Waals surface area contributed by atoms with Gasteiger partial charge in [-0.3, -0.25) is 4.90 Å². The van der Waals surface area contributed by atoms with Crippen molar-refractivity contribution in [2.45, 2.75) is 19.9 Å². The number of nitrogens with one attached hydrogen (secondary N) is 2. The Labute approximate surface area is 178 Å². The molecule has 30 heavy (non-hydrogen) atoms. The second-order valence-corrected chi connectivity index (χ2v) is 7.91. The van der Waals surface area contributed by atoms with Gasteiger partial charge in [0.2, 0.25) is 0 Å². The zero-order valence-electron chi connectivity index (χ0n) is 16.7. The van der Waals surface area contributed by atoms with E-state index in [1.807, 2.05) is 67.8 Å². The lowest BCUT2D eigenvalue weighted by atomic mass is 10.1. The Bertz CT molecular complexity index is 1080. The van der Waals surface area contributed by atoms with Crippen molar-refractivity contribution >= 4 is 34.8 Å². The number of nitrogens with zero attached hydrogens (tertiary/aromatic N) is 2. The van der Waals surface area contributed by atoms with Crippen LogP contribution in [-0.4, -0.2) is 30.3 Å². The van der Waals surface area contributed by atoms with Crippen LogP contribution < -0.4 is 15.5 Å². The average molecular weight is 423 g/mol. The van der Waals surface area contributed by atoms with E-state index < -0.39 is 0 Å². The molecule has 8 heteroatoms. The lowest BCUT2D eigenvalue weighted by Crippen LogP contribution is -2.31. The average Bonchev–Trinajstić information content (AvgIpc) is 3.36. The van der Waals surface area contributed by atoms with E-state index in [1.54, 1.807) is 16.2 Å². The molecule has 3 amide bonds. The van der Waals surface area contributed by atoms with Gasteiger partial charge in [-0.15, -0.1) is 11.3 Å². The topological polar surface area (TPSA) is 83.6 Å². The molecule has 4 rings (SSSR count). The number of thiazole rings is 1. The predicted octanol–water partition coefficient (Wildman–Crippen LogP) is 4.96. The highest BCUT2D eigenvalue weighted by atomic mass is 32.1. The number of carbonyl (C=O) groups excluding carboxylic acids is 2. The van der Waals surface area contributed by atoms with E-state index in [4.69, 9.17) is 4.74 Å². The molecule has 1 fully saturated rings. The smallest absolute Gasteiger partial charge is 0.414 e. The largest absolute Gasteiger partial charge is 0.447 e. The molecule has 0 aliphatic carbocycles. The maximum absolute atomic E-state index is 12.5. The minimum Gasteiger partial charge on any atom is -0.447 e. The third kappa shape index (κ3) is 4.44. The number of cyclic esters (lactones) is 1. The number of aryl methyl sites for hydroxylation is 1. The van der Waals surface area contributed by atoms with Gasteiger partial charge in [-0.2, -0.15) is 0 Å². The van der Waals surface area contributed by atoms with Crippen LogP contribution in [0.15, 0.2) is 53.9 Å². The van der Waals surface area contributed by atoms with Gasteiger partial charge in [-0.1, -0.05) is 24.3 Å². The van der Waals surface area contributed by atoms with Gasteiger partial charge in [-0.05, 0) is 43.7 Å². The van der Waals surface area contributed by atoms with E-state index in [1.165, 1.54) is 0 Å². The molecule has 0 bridgehead atoms. The Balaban J connectivity index is 1.41. The number of hydrogen-bond donors (Lipinski definition) is 2. The summed E-state index contributed by atoms with van der Waals surface area (Å²) in [5.74, 6) is 0. The summed E-state index contributed by atoms with van der Waals surface area (Å²) < 4.78 is 5.00. The molecule has 1 saturated heterocycles. The first kappa shape index (κ1) is 19.9. The van der Waals surface area contributed by atoms with Gasteiger partial charge in [-0.25, -0.2) is 14.6 Å². The molecule has 7 nitrogen and oxygen atoms in total. The van der Waals surface area contributed by atoms with Crippen LogP contribution >= 0.6 is 11.3 Å². The molecule has 1 unspecified atom stereocenters. The van der Waals surface area contributed by atoms with Crippen molar-refractivity contribution in [3.05, 3.63) is 65.2 Å². The Morgan fingerprint density at radius 2 is 2.07 bits per heavy atom. The van der Waals surface area contributed by atoms with Crippen LogP contribution in [0.1, 0.15) is 24.2 Å². The number of rotatable bonds is 5. The Kier molecular flexibility index (Phi) is 5.67. The summed E-state index contributed by atoms with van der Waals surface area (Å²) in [5.41, 5.74) is 4.29. The van der Waals surface area contributed by atoms with Crippen molar-refractivity contribution in [3.63, 3.8) is 0 Å². The van der Waals surface area contributed by atoms with Gasteiger partial charge >= 0.3 is 12.1 Å². The molecule has 0 spiro atoms. The number of urea groups is 1. The second kappa shape index (κ2) is 8.54. The van der Waals surface area contributed by atoms with Gasteiger partial charge < -0.3 is 15.4 Å². The highest BCUT2D eigenvalue weighted by molar-refractivity contribution is 7.13. The summed E-state index contributed by atoms with van der Waals surface area (Å²) in [6.07, 6.45) is -0.346. The molecular weight excluding hydrogens is 400 g/mol. The molecule has 1 atom stereocenters. The maximum Gasteiger partial charge on any atom is 0.414 e. The molecule has 3 aromatic rings. The SMILES string of the molecule is Cc1csc(-c2cccc(NC(=O)NC(C)c3cccc(N4CCOC4=O)c3)c2)n1. The summed E-state index contributed by atoms with van der Waals surface area (Å²) >= 11 is 1.57. The molecule has 1 aliphatic rings. The number of anilines is 2. The fourth-order valence-corrected chi connectivity index (χ4v) is 4.05. The van der Waals surface area contributed by atoms with Crippen LogP contribution in [0.5, 0.6) is 0 Å². The van der Waals surface area contributed by atoms with Crippen LogP contribution in [0.3, 0.4) is 0 Å². The Morgan fingerprint density at radius 1 is 1.23 bits per heavy atom. The molecule has 1 aliphatic heterocycles. The minimum absolute atomic E-state index is 0.242. The van der Waals surface area contributed by atoms with Gasteiger partial charge in [0.15, 0.2) is 0 Å². The molecule has 2 aromatic carbocycles. The Hall–Kier alpha value is -3.39. The van der Waals surface area contributed by atoms with Gasteiger partial charge in [0, 0.05) is 28.0 Å². The number of carbonyl (C=O) groups is 2. The molecule has 0 saturated carbocycles. The number of amides is 3. The van der Waals surface area contributed by atoms with E-state index in [0.717, 1.165) is 27.5 Å². The van der Waals surface area contributed by atoms with Crippen molar-refractivity contribution in [1.29, 1.82) is 0 Å². The van der Waals surface area contributed by atoms with Gasteiger partial charge in [0.25, 0.3) is 0 Å². The van der Waals surface area contributed by atoms with Crippen LogP contribution in [0.4, 0.5) is 21.0 Å². The van der Waals surface area contributed by atoms with Crippen molar-refractivity contribution < 1.29 is 14.3 Å². The van der Waals surface area contributed by atoms with Crippen LogP contribution in [0.25, 0.3) is 10.6 Å². The van der Waals surface area contributed by atoms with Crippen molar-refractivity contribution in [1.82, 2.24) is 10.3 Å². The molecule has 1 aromatic heterocycles. The lowest BCUT2D eigenvalue weighted by Gasteiger charge is -2.18. The highest BCUT2D eigenvalue weighted by Crippen LogP contribution is 2.26. The van der Waals surface area contributed by atoms with Crippen LogP contribution in [0.2, 0.25) is 0 Å². The first-order chi connectivity index (χ1) is 14.5. The fraction of sp³-hybridized carbons (Fsp3) is 0.227. The normalized spacial score (nSPS) is 14.3. The summed E-state index contributed by atoms with van der Waals surface area (Å²) in [6, 6.07) is 14.6. The minimum atomic E-state index is -0.346. The third-order valence-corrected chi connectivity index (χ3v) is 5.79. The Morgan fingerprint density at radius 3 is 2.80 bits per heavy atom. The number of aromatic nitrogens is 1. The quantitative estimate of drug-likeness (QED) is 0.609. The van der Waals surface area contributed by atoms with Crippen molar-refractivity contribution in [2.24, 2.45) is 0 Å². The predicted molar refractivity (Wildman–Crippen MR) is 118 cm³/mol. The molecule has 2 heterocycles. The van der Waals surface area contributed by atoms with E-state index in [-0.39, 0.29) is 18.2 Å². The standard InChI is InChI=1S/C22H22N4O3S/c1-14-13-30-20(23-14)17-6-3-7-18(11-17)25-21(27)24-15(2)16-5-4-8-19(12-16)26-9-10-29-22(26)28/h3-8,11-13,15H,9-10H2,1-2H3,(H2,24,25,27). The van der Waals surface area contributed by atoms with Gasteiger partial charge in [0.05, 0.1) is 12.6 Å². The molecule has 154 valence electrons. The second-order valence-electron chi connectivity index (χ2n) is 7.06. The highest BCUT2D eigenvalue weighted by Gasteiger charge is 2.24. The number of ether oxygens (including phenoxy) is 1. The van der Waals surface area contributed by atoms with E-state index in [0.29, 0.717) is 18.8 Å². The monoisotopic (exact) mass is 422 g/mol. The first-order valence-electron chi connectivity index (χ1n) is 9.64. The maximum atomic E-state index is 12.5. The van der Waals surface area contributed by atoms with Crippen molar-refractivity contribution in [2.75, 3.05) is 23.4 Å². The first-order valence-corrected chi connectivity index (χ1v) is 10.5. The van der Waals surface area contributed by atoms with Crippen molar-refractivity contribution in [3.8, 4) is 10.6 Å². The molecule has 2 N–H and O–H groups in total. The molecule has 0 radical (unpaired) electrons. The summed E-state index contributed by atoms with van der Waals surface area (Å²) in [7, 11) is 0. The van der Waals surface area contributed by atoms with E-state index >= 15 is 0 Å².